The van der Waals surface area contributed by atoms with Crippen LogP contribution in [0.3, 0.4) is 0 Å². The summed E-state index contributed by atoms with van der Waals surface area (Å²) in [4.78, 5) is 13.7. The van der Waals surface area contributed by atoms with Crippen molar-refractivity contribution in [1.82, 2.24) is 0 Å². The van der Waals surface area contributed by atoms with E-state index in [0.29, 0.717) is 18.4 Å². The first-order valence-corrected chi connectivity index (χ1v) is 7.41. The minimum atomic E-state index is -3.68. The number of carbonyl (C=O) groups excluding carboxylic acids is 1. The SMILES string of the molecule is COc1c(C2(N=C=O)CC2)ccc(S(C)(=O)=O)c1F. The summed E-state index contributed by atoms with van der Waals surface area (Å²) in [5.41, 5.74) is -0.437. The van der Waals surface area contributed by atoms with Crippen molar-refractivity contribution in [3.63, 3.8) is 0 Å². The molecule has 1 saturated carbocycles. The summed E-state index contributed by atoms with van der Waals surface area (Å²) < 4.78 is 42.0. The topological polar surface area (TPSA) is 72.8 Å². The van der Waals surface area contributed by atoms with Crippen molar-refractivity contribution >= 4 is 15.9 Å². The van der Waals surface area contributed by atoms with Gasteiger partial charge in [0.25, 0.3) is 0 Å². The number of ether oxygens (including phenoxy) is 1. The van der Waals surface area contributed by atoms with E-state index in [0.717, 1.165) is 6.26 Å². The lowest BCUT2D eigenvalue weighted by molar-refractivity contribution is 0.370. The van der Waals surface area contributed by atoms with Crippen molar-refractivity contribution in [2.75, 3.05) is 13.4 Å². The minimum Gasteiger partial charge on any atom is -0.493 e. The van der Waals surface area contributed by atoms with Crippen molar-refractivity contribution < 1.29 is 22.3 Å². The van der Waals surface area contributed by atoms with Crippen LogP contribution >= 0.6 is 0 Å². The highest BCUT2D eigenvalue weighted by Crippen LogP contribution is 2.53. The lowest BCUT2D eigenvalue weighted by atomic mass is 10.0. The smallest absolute Gasteiger partial charge is 0.235 e. The third kappa shape index (κ3) is 2.27. The molecule has 0 atom stereocenters. The van der Waals surface area contributed by atoms with Crippen LogP contribution in [0.5, 0.6) is 5.75 Å². The van der Waals surface area contributed by atoms with Gasteiger partial charge in [0, 0.05) is 11.8 Å². The Bertz CT molecular complexity index is 673. The van der Waals surface area contributed by atoms with Gasteiger partial charge in [-0.15, -0.1) is 0 Å². The number of aliphatic imine (C=N–C) groups is 1. The lowest BCUT2D eigenvalue weighted by Gasteiger charge is -2.15. The van der Waals surface area contributed by atoms with Gasteiger partial charge in [0.1, 0.15) is 10.4 Å². The number of rotatable bonds is 4. The Morgan fingerprint density at radius 3 is 2.47 bits per heavy atom. The fourth-order valence-corrected chi connectivity index (χ4v) is 2.77. The Balaban J connectivity index is 2.67. The van der Waals surface area contributed by atoms with Crippen LogP contribution in [0, 0.1) is 5.82 Å². The molecule has 0 amide bonds. The zero-order valence-electron chi connectivity index (χ0n) is 10.4. The summed E-state index contributed by atoms with van der Waals surface area (Å²) in [7, 11) is -2.44. The van der Waals surface area contributed by atoms with Gasteiger partial charge in [0.2, 0.25) is 6.08 Å². The molecule has 0 radical (unpaired) electrons. The fourth-order valence-electron chi connectivity index (χ4n) is 2.04. The molecule has 0 unspecified atom stereocenters. The van der Waals surface area contributed by atoms with Gasteiger partial charge < -0.3 is 4.74 Å². The summed E-state index contributed by atoms with van der Waals surface area (Å²) >= 11 is 0. The van der Waals surface area contributed by atoms with E-state index < -0.39 is 26.1 Å². The van der Waals surface area contributed by atoms with Crippen LogP contribution in [0.4, 0.5) is 4.39 Å². The van der Waals surface area contributed by atoms with Crippen LogP contribution in [0.1, 0.15) is 18.4 Å². The van der Waals surface area contributed by atoms with E-state index >= 15 is 0 Å². The first kappa shape index (κ1) is 13.7. The molecule has 1 fully saturated rings. The van der Waals surface area contributed by atoms with Gasteiger partial charge >= 0.3 is 0 Å². The molecule has 19 heavy (non-hydrogen) atoms. The Morgan fingerprint density at radius 1 is 1.42 bits per heavy atom. The molecule has 2 rings (SSSR count). The van der Waals surface area contributed by atoms with Gasteiger partial charge in [-0.25, -0.2) is 17.6 Å². The maximum Gasteiger partial charge on any atom is 0.235 e. The number of sulfone groups is 1. The number of isocyanates is 1. The molecule has 0 heterocycles. The van der Waals surface area contributed by atoms with E-state index in [-0.39, 0.29) is 5.75 Å². The number of benzene rings is 1. The molecular formula is C12H12FNO4S. The van der Waals surface area contributed by atoms with E-state index in [2.05, 4.69) is 4.99 Å². The largest absolute Gasteiger partial charge is 0.493 e. The highest BCUT2D eigenvalue weighted by atomic mass is 32.2. The first-order valence-electron chi connectivity index (χ1n) is 5.52. The summed E-state index contributed by atoms with van der Waals surface area (Å²) in [5, 5.41) is 0. The Hall–Kier alpha value is -1.72. The third-order valence-corrected chi connectivity index (χ3v) is 4.26. The van der Waals surface area contributed by atoms with E-state index in [1.807, 2.05) is 0 Å². The predicted octanol–water partition coefficient (Wildman–Crippen LogP) is 1.56. The predicted molar refractivity (Wildman–Crippen MR) is 65.1 cm³/mol. The third-order valence-electron chi connectivity index (χ3n) is 3.15. The highest BCUT2D eigenvalue weighted by Gasteiger charge is 2.47. The van der Waals surface area contributed by atoms with Gasteiger partial charge in [-0.2, -0.15) is 4.99 Å². The van der Waals surface area contributed by atoms with E-state index in [1.54, 1.807) is 0 Å². The van der Waals surface area contributed by atoms with Crippen LogP contribution < -0.4 is 4.74 Å². The maximum absolute atomic E-state index is 14.2. The molecule has 1 aliphatic rings. The Morgan fingerprint density at radius 2 is 2.05 bits per heavy atom. The van der Waals surface area contributed by atoms with Gasteiger partial charge in [-0.05, 0) is 18.9 Å². The van der Waals surface area contributed by atoms with Gasteiger partial charge in [0.15, 0.2) is 21.4 Å². The summed E-state index contributed by atoms with van der Waals surface area (Å²) in [5.74, 6) is -1.13. The lowest BCUT2D eigenvalue weighted by Crippen LogP contribution is -2.10. The zero-order valence-corrected chi connectivity index (χ0v) is 11.3. The molecule has 102 valence electrons. The van der Waals surface area contributed by atoms with Crippen LogP contribution in [-0.4, -0.2) is 27.9 Å². The van der Waals surface area contributed by atoms with Crippen LogP contribution in [0.2, 0.25) is 0 Å². The van der Waals surface area contributed by atoms with Crippen LogP contribution in [0.15, 0.2) is 22.0 Å². The van der Waals surface area contributed by atoms with Gasteiger partial charge in [-0.3, -0.25) is 0 Å². The van der Waals surface area contributed by atoms with Crippen molar-refractivity contribution in [3.05, 3.63) is 23.5 Å². The van der Waals surface area contributed by atoms with Crippen LogP contribution in [-0.2, 0) is 20.2 Å². The zero-order chi connectivity index (χ0) is 14.3. The van der Waals surface area contributed by atoms with Gasteiger partial charge in [0.05, 0.1) is 7.11 Å². The molecule has 7 heteroatoms. The molecule has 1 aromatic rings. The quantitative estimate of drug-likeness (QED) is 0.621. The summed E-state index contributed by atoms with van der Waals surface area (Å²) in [6.45, 7) is 0. The maximum atomic E-state index is 14.2. The Labute approximate surface area is 110 Å². The van der Waals surface area contributed by atoms with Crippen molar-refractivity contribution in [2.45, 2.75) is 23.3 Å². The fraction of sp³-hybridized carbons (Fsp3) is 0.417. The molecule has 5 nitrogen and oxygen atoms in total. The standard InChI is InChI=1S/C12H12FNO4S/c1-18-11-8(12(5-6-12)14-7-15)3-4-9(10(11)13)19(2,16)17/h3-4H,5-6H2,1-2H3. The van der Waals surface area contributed by atoms with Gasteiger partial charge in [-0.1, -0.05) is 6.07 Å². The molecule has 0 saturated heterocycles. The van der Waals surface area contributed by atoms with Crippen molar-refractivity contribution in [1.29, 1.82) is 0 Å². The second kappa shape index (κ2) is 4.43. The number of halogens is 1. The second-order valence-electron chi connectivity index (χ2n) is 4.47. The average Bonchev–Trinajstić information content (AvgIpc) is 3.08. The monoisotopic (exact) mass is 285 g/mol. The number of methoxy groups -OCH3 is 1. The molecule has 0 aliphatic heterocycles. The minimum absolute atomic E-state index is 0.181. The molecule has 0 spiro atoms. The van der Waals surface area contributed by atoms with Crippen molar-refractivity contribution in [3.8, 4) is 5.75 Å². The van der Waals surface area contributed by atoms with E-state index in [4.69, 9.17) is 4.74 Å². The molecule has 0 bridgehead atoms. The normalized spacial score (nSPS) is 16.6. The second-order valence-corrected chi connectivity index (χ2v) is 6.45. The number of nitrogens with zero attached hydrogens (tertiary/aromatic N) is 1. The highest BCUT2D eigenvalue weighted by molar-refractivity contribution is 7.90. The summed E-state index contributed by atoms with van der Waals surface area (Å²) in [6.07, 6.45) is 3.54. The van der Waals surface area contributed by atoms with Crippen LogP contribution in [0.25, 0.3) is 0 Å². The molecule has 1 aromatic carbocycles. The molecular weight excluding hydrogens is 273 g/mol. The number of hydrogen-bond acceptors (Lipinski definition) is 5. The number of hydrogen-bond donors (Lipinski definition) is 0. The van der Waals surface area contributed by atoms with E-state index in [1.165, 1.54) is 25.3 Å². The first-order chi connectivity index (χ1) is 8.85. The molecule has 0 N–H and O–H groups in total. The average molecular weight is 285 g/mol. The molecule has 1 aliphatic carbocycles. The summed E-state index contributed by atoms with van der Waals surface area (Å²) in [6, 6.07) is 2.61. The van der Waals surface area contributed by atoms with Crippen molar-refractivity contribution in [2.24, 2.45) is 4.99 Å². The molecule has 0 aromatic heterocycles. The van der Waals surface area contributed by atoms with E-state index in [9.17, 15) is 17.6 Å². The Kier molecular flexibility index (Phi) is 3.20.